The Kier molecular flexibility index (Phi) is 3.61. The summed E-state index contributed by atoms with van der Waals surface area (Å²) in [4.78, 5) is 3.92. The number of aromatic nitrogens is 1. The van der Waals surface area contributed by atoms with Gasteiger partial charge in [0.1, 0.15) is 0 Å². The molecule has 2 rings (SSSR count). The summed E-state index contributed by atoms with van der Waals surface area (Å²) in [5.74, 6) is -0.505. The molecule has 0 bridgehead atoms. The van der Waals surface area contributed by atoms with Gasteiger partial charge in [0.2, 0.25) is 0 Å². The van der Waals surface area contributed by atoms with Gasteiger partial charge in [-0.15, -0.1) is 0 Å². The number of hydrogen-bond donors (Lipinski definition) is 1. The Morgan fingerprint density at radius 2 is 1.87 bits per heavy atom. The smallest absolute Gasteiger partial charge is 0.165 e. The van der Waals surface area contributed by atoms with Gasteiger partial charge in [-0.05, 0) is 25.1 Å². The summed E-state index contributed by atoms with van der Waals surface area (Å²) in [5.41, 5.74) is 7.15. The molecule has 15 heavy (non-hydrogen) atoms. The van der Waals surface area contributed by atoms with Crippen molar-refractivity contribution in [2.24, 2.45) is 0 Å². The van der Waals surface area contributed by atoms with Gasteiger partial charge in [0.25, 0.3) is 0 Å². The Labute approximate surface area is 88.9 Å². The molecule has 0 saturated heterocycles. The summed E-state index contributed by atoms with van der Waals surface area (Å²) in [7, 11) is 0. The van der Waals surface area contributed by atoms with Crippen molar-refractivity contribution in [2.45, 2.75) is 20.8 Å². The first-order valence-corrected chi connectivity index (χ1v) is 4.99. The molecule has 2 aromatic rings. The van der Waals surface area contributed by atoms with Gasteiger partial charge < -0.3 is 5.73 Å². The maximum absolute atomic E-state index is 13.0. The Balaban J connectivity index is 0.000000531. The lowest BCUT2D eigenvalue weighted by Crippen LogP contribution is -1.95. The number of hydrogen-bond acceptors (Lipinski definition) is 2. The largest absolute Gasteiger partial charge is 0.381 e. The third-order valence-corrected chi connectivity index (χ3v) is 1.95. The van der Waals surface area contributed by atoms with Crippen molar-refractivity contribution in [1.29, 1.82) is 0 Å². The number of nitrogens with two attached hydrogens (primary N) is 1. The number of anilines is 1. The Morgan fingerprint density at radius 3 is 2.53 bits per heavy atom. The number of nitrogen functional groups attached to an aromatic ring is 1. The van der Waals surface area contributed by atoms with Gasteiger partial charge in [-0.1, -0.05) is 25.5 Å². The van der Waals surface area contributed by atoms with E-state index in [-0.39, 0.29) is 5.82 Å². The molecule has 0 amide bonds. The second-order valence-electron chi connectivity index (χ2n) is 3.05. The van der Waals surface area contributed by atoms with Gasteiger partial charge in [-0.25, -0.2) is 9.37 Å². The highest BCUT2D eigenvalue weighted by Gasteiger charge is 2.02. The molecule has 0 aliphatic heterocycles. The number of fused-ring (bicyclic) bond motifs is 1. The molecule has 2 nitrogen and oxygen atoms in total. The first kappa shape index (κ1) is 11.4. The molecule has 0 unspecified atom stereocenters. The van der Waals surface area contributed by atoms with Crippen LogP contribution in [-0.2, 0) is 0 Å². The van der Waals surface area contributed by atoms with E-state index in [2.05, 4.69) is 4.98 Å². The summed E-state index contributed by atoms with van der Waals surface area (Å²) in [6, 6.07) is 7.04. The van der Waals surface area contributed by atoms with Crippen LogP contribution in [-0.4, -0.2) is 4.98 Å². The minimum absolute atomic E-state index is 0.0450. The average molecular weight is 206 g/mol. The summed E-state index contributed by atoms with van der Waals surface area (Å²) in [6.45, 7) is 5.95. The lowest BCUT2D eigenvalue weighted by Gasteiger charge is -2.00. The second kappa shape index (κ2) is 4.73. The molecule has 3 heteroatoms. The fourth-order valence-corrected chi connectivity index (χ4v) is 1.29. The standard InChI is InChI=1S/C10H9FN2.C2H6/c1-6-2-3-9-7(4-6)5-8(11)10(12)13-9;1-2/h2-5H,1H3,(H2,12,13);1-2H3. The molecule has 0 saturated carbocycles. The van der Waals surface area contributed by atoms with Crippen LogP contribution in [0.5, 0.6) is 0 Å². The Bertz CT molecular complexity index is 466. The van der Waals surface area contributed by atoms with Crippen LogP contribution in [0.15, 0.2) is 24.3 Å². The van der Waals surface area contributed by atoms with Gasteiger partial charge in [0, 0.05) is 5.39 Å². The van der Waals surface area contributed by atoms with E-state index in [1.165, 1.54) is 6.07 Å². The quantitative estimate of drug-likeness (QED) is 0.718. The molecule has 80 valence electrons. The Hall–Kier alpha value is -1.64. The third-order valence-electron chi connectivity index (χ3n) is 1.95. The van der Waals surface area contributed by atoms with Crippen LogP contribution < -0.4 is 5.73 Å². The van der Waals surface area contributed by atoms with Crippen molar-refractivity contribution < 1.29 is 4.39 Å². The van der Waals surface area contributed by atoms with Crippen molar-refractivity contribution in [3.63, 3.8) is 0 Å². The van der Waals surface area contributed by atoms with Gasteiger partial charge >= 0.3 is 0 Å². The Morgan fingerprint density at radius 1 is 1.20 bits per heavy atom. The highest BCUT2D eigenvalue weighted by molar-refractivity contribution is 5.80. The number of nitrogens with zero attached hydrogens (tertiary/aromatic N) is 1. The molecule has 0 fully saturated rings. The van der Waals surface area contributed by atoms with Crippen molar-refractivity contribution in [2.75, 3.05) is 5.73 Å². The minimum atomic E-state index is -0.460. The molecule has 0 aliphatic rings. The fraction of sp³-hybridized carbons (Fsp3) is 0.250. The highest BCUT2D eigenvalue weighted by atomic mass is 19.1. The highest BCUT2D eigenvalue weighted by Crippen LogP contribution is 2.17. The predicted octanol–water partition coefficient (Wildman–Crippen LogP) is 3.29. The number of rotatable bonds is 0. The van der Waals surface area contributed by atoms with Crippen molar-refractivity contribution >= 4 is 16.7 Å². The van der Waals surface area contributed by atoms with Gasteiger partial charge in [0.15, 0.2) is 11.6 Å². The monoisotopic (exact) mass is 206 g/mol. The van der Waals surface area contributed by atoms with E-state index < -0.39 is 5.82 Å². The molecule has 0 radical (unpaired) electrons. The number of pyridine rings is 1. The van der Waals surface area contributed by atoms with Crippen molar-refractivity contribution in [1.82, 2.24) is 4.98 Å². The van der Waals surface area contributed by atoms with E-state index in [0.29, 0.717) is 0 Å². The molecule has 0 aliphatic carbocycles. The maximum Gasteiger partial charge on any atom is 0.165 e. The SMILES string of the molecule is CC.Cc1ccc2nc(N)c(F)cc2c1. The lowest BCUT2D eigenvalue weighted by molar-refractivity contribution is 0.630. The zero-order chi connectivity index (χ0) is 11.4. The summed E-state index contributed by atoms with van der Waals surface area (Å²) < 4.78 is 13.0. The predicted molar refractivity (Wildman–Crippen MR) is 62.2 cm³/mol. The fourth-order valence-electron chi connectivity index (χ4n) is 1.29. The number of benzene rings is 1. The topological polar surface area (TPSA) is 38.9 Å². The van der Waals surface area contributed by atoms with Gasteiger partial charge in [0.05, 0.1) is 5.52 Å². The molecule has 0 atom stereocenters. The average Bonchev–Trinajstić information content (AvgIpc) is 2.23. The van der Waals surface area contributed by atoms with Crippen LogP contribution in [0.25, 0.3) is 10.9 Å². The van der Waals surface area contributed by atoms with Crippen LogP contribution in [0.4, 0.5) is 10.2 Å². The van der Waals surface area contributed by atoms with Crippen LogP contribution in [0.1, 0.15) is 19.4 Å². The first-order chi connectivity index (χ1) is 7.16. The summed E-state index contributed by atoms with van der Waals surface area (Å²) in [6.07, 6.45) is 0. The molecule has 2 N–H and O–H groups in total. The third kappa shape index (κ3) is 2.43. The van der Waals surface area contributed by atoms with E-state index in [0.717, 1.165) is 16.5 Å². The van der Waals surface area contributed by atoms with Crippen LogP contribution in [0, 0.1) is 12.7 Å². The molecular weight excluding hydrogens is 191 g/mol. The molecule has 0 spiro atoms. The van der Waals surface area contributed by atoms with E-state index in [4.69, 9.17) is 5.73 Å². The van der Waals surface area contributed by atoms with Gasteiger partial charge in [-0.2, -0.15) is 0 Å². The normalized spacial score (nSPS) is 9.60. The van der Waals surface area contributed by atoms with Gasteiger partial charge in [-0.3, -0.25) is 0 Å². The number of halogens is 1. The molecule has 1 heterocycles. The number of aryl methyl sites for hydroxylation is 1. The zero-order valence-corrected chi connectivity index (χ0v) is 9.21. The van der Waals surface area contributed by atoms with Crippen LogP contribution in [0.3, 0.4) is 0 Å². The zero-order valence-electron chi connectivity index (χ0n) is 9.21. The lowest BCUT2D eigenvalue weighted by atomic mass is 10.1. The van der Waals surface area contributed by atoms with Crippen LogP contribution >= 0.6 is 0 Å². The van der Waals surface area contributed by atoms with Crippen LogP contribution in [0.2, 0.25) is 0 Å². The second-order valence-corrected chi connectivity index (χ2v) is 3.05. The summed E-state index contributed by atoms with van der Waals surface area (Å²) >= 11 is 0. The molecule has 1 aromatic heterocycles. The minimum Gasteiger partial charge on any atom is -0.381 e. The summed E-state index contributed by atoms with van der Waals surface area (Å²) in [5, 5.41) is 0.784. The van der Waals surface area contributed by atoms with E-state index >= 15 is 0 Å². The van der Waals surface area contributed by atoms with Crippen molar-refractivity contribution in [3.05, 3.63) is 35.6 Å². The maximum atomic E-state index is 13.0. The van der Waals surface area contributed by atoms with E-state index in [1.807, 2.05) is 39.0 Å². The molecule has 1 aromatic carbocycles. The molecular formula is C12H15FN2. The van der Waals surface area contributed by atoms with Crippen molar-refractivity contribution in [3.8, 4) is 0 Å². The first-order valence-electron chi connectivity index (χ1n) is 4.99. The van der Waals surface area contributed by atoms with E-state index in [9.17, 15) is 4.39 Å². The van der Waals surface area contributed by atoms with E-state index in [1.54, 1.807) is 0 Å².